The Morgan fingerprint density at radius 1 is 1.14 bits per heavy atom. The van der Waals surface area contributed by atoms with E-state index in [1.165, 1.54) is 12.8 Å². The molecule has 21 heavy (non-hydrogen) atoms. The topological polar surface area (TPSA) is 60.0 Å². The van der Waals surface area contributed by atoms with Crippen LogP contribution in [0, 0.1) is 5.41 Å². The number of unbranched alkanes of at least 4 members (excludes halogenated alkanes) is 1. The van der Waals surface area contributed by atoms with Gasteiger partial charge in [-0.05, 0) is 31.1 Å². The Morgan fingerprint density at radius 3 is 2.57 bits per heavy atom. The number of aliphatic hydroxyl groups is 1. The van der Waals surface area contributed by atoms with E-state index in [9.17, 15) is 5.11 Å². The predicted molar refractivity (Wildman–Crippen MR) is 83.6 cm³/mol. The molecular formula is C16H33NO4. The number of aliphatic hydroxyl groups excluding tert-OH is 1. The molecule has 0 heterocycles. The highest BCUT2D eigenvalue weighted by molar-refractivity contribution is 4.94. The Hall–Kier alpha value is -0.200. The first kappa shape index (κ1) is 18.8. The molecule has 1 aliphatic rings. The molecule has 126 valence electrons. The summed E-state index contributed by atoms with van der Waals surface area (Å²) in [7, 11) is 1.75. The fourth-order valence-corrected chi connectivity index (χ4v) is 2.26. The second-order valence-corrected chi connectivity index (χ2v) is 6.07. The van der Waals surface area contributed by atoms with Crippen molar-refractivity contribution in [1.29, 1.82) is 0 Å². The van der Waals surface area contributed by atoms with Crippen LogP contribution in [0.15, 0.2) is 0 Å². The van der Waals surface area contributed by atoms with Crippen molar-refractivity contribution in [2.45, 2.75) is 45.1 Å². The fourth-order valence-electron chi connectivity index (χ4n) is 2.26. The minimum absolute atomic E-state index is 0.370. The molecule has 0 aromatic rings. The van der Waals surface area contributed by atoms with Gasteiger partial charge in [-0.1, -0.05) is 13.3 Å². The SMILES string of the molecule is CCCCOCCOCC(O)CNCC1(CCOC)CC1. The average Bonchev–Trinajstić information content (AvgIpc) is 3.24. The minimum atomic E-state index is -0.445. The van der Waals surface area contributed by atoms with Crippen LogP contribution in [0.3, 0.4) is 0 Å². The Bertz CT molecular complexity index is 246. The second-order valence-electron chi connectivity index (χ2n) is 6.07. The predicted octanol–water partition coefficient (Wildman–Crippen LogP) is 1.59. The van der Waals surface area contributed by atoms with E-state index in [-0.39, 0.29) is 0 Å². The molecule has 1 unspecified atom stereocenters. The third-order valence-corrected chi connectivity index (χ3v) is 4.00. The molecule has 1 rings (SSSR count). The summed E-state index contributed by atoms with van der Waals surface area (Å²) in [6.07, 6.45) is 5.45. The van der Waals surface area contributed by atoms with Crippen molar-refractivity contribution < 1.29 is 19.3 Å². The van der Waals surface area contributed by atoms with Gasteiger partial charge in [0.15, 0.2) is 0 Å². The first-order valence-corrected chi connectivity index (χ1v) is 8.25. The molecular weight excluding hydrogens is 270 g/mol. The van der Waals surface area contributed by atoms with Crippen LogP contribution in [0.2, 0.25) is 0 Å². The highest BCUT2D eigenvalue weighted by Gasteiger charge is 2.41. The van der Waals surface area contributed by atoms with Gasteiger partial charge in [-0.2, -0.15) is 0 Å². The molecule has 5 nitrogen and oxygen atoms in total. The van der Waals surface area contributed by atoms with Crippen molar-refractivity contribution in [3.05, 3.63) is 0 Å². The van der Waals surface area contributed by atoms with E-state index >= 15 is 0 Å². The van der Waals surface area contributed by atoms with Crippen LogP contribution >= 0.6 is 0 Å². The largest absolute Gasteiger partial charge is 0.389 e. The second kappa shape index (κ2) is 11.4. The van der Waals surface area contributed by atoms with E-state index in [1.807, 2.05) is 0 Å². The highest BCUT2D eigenvalue weighted by Crippen LogP contribution is 2.48. The monoisotopic (exact) mass is 303 g/mol. The normalized spacial score (nSPS) is 17.9. The fraction of sp³-hybridized carbons (Fsp3) is 1.00. The lowest BCUT2D eigenvalue weighted by atomic mass is 10.0. The molecule has 0 aromatic heterocycles. The van der Waals surface area contributed by atoms with Gasteiger partial charge >= 0.3 is 0 Å². The number of rotatable bonds is 15. The van der Waals surface area contributed by atoms with Gasteiger partial charge in [-0.15, -0.1) is 0 Å². The molecule has 1 aliphatic carbocycles. The summed E-state index contributed by atoms with van der Waals surface area (Å²) in [4.78, 5) is 0. The van der Waals surface area contributed by atoms with Crippen LogP contribution < -0.4 is 5.32 Å². The molecule has 1 fully saturated rings. The van der Waals surface area contributed by atoms with Gasteiger partial charge in [0.1, 0.15) is 0 Å². The first-order valence-electron chi connectivity index (χ1n) is 8.25. The van der Waals surface area contributed by atoms with Crippen LogP contribution in [0.1, 0.15) is 39.0 Å². The van der Waals surface area contributed by atoms with Gasteiger partial charge in [0, 0.05) is 33.4 Å². The first-order chi connectivity index (χ1) is 10.2. The summed E-state index contributed by atoms with van der Waals surface area (Å²) in [5.41, 5.74) is 0.420. The smallest absolute Gasteiger partial charge is 0.0897 e. The lowest BCUT2D eigenvalue weighted by Crippen LogP contribution is -2.34. The number of hydrogen-bond donors (Lipinski definition) is 2. The number of ether oxygens (including phenoxy) is 3. The van der Waals surface area contributed by atoms with E-state index in [4.69, 9.17) is 14.2 Å². The van der Waals surface area contributed by atoms with E-state index in [0.717, 1.165) is 39.0 Å². The molecule has 5 heteroatoms. The molecule has 0 aromatic carbocycles. The van der Waals surface area contributed by atoms with E-state index in [1.54, 1.807) is 7.11 Å². The quantitative estimate of drug-likeness (QED) is 0.450. The lowest BCUT2D eigenvalue weighted by Gasteiger charge is -2.17. The van der Waals surface area contributed by atoms with Crippen molar-refractivity contribution in [3.63, 3.8) is 0 Å². The van der Waals surface area contributed by atoms with Gasteiger partial charge in [0.2, 0.25) is 0 Å². The molecule has 0 amide bonds. The zero-order chi connectivity index (χ0) is 15.4. The summed E-state index contributed by atoms with van der Waals surface area (Å²) in [6.45, 7) is 6.86. The van der Waals surface area contributed by atoms with Crippen LogP contribution in [0.25, 0.3) is 0 Å². The lowest BCUT2D eigenvalue weighted by molar-refractivity contribution is 0.00357. The average molecular weight is 303 g/mol. The van der Waals surface area contributed by atoms with Gasteiger partial charge in [0.05, 0.1) is 25.9 Å². The number of hydrogen-bond acceptors (Lipinski definition) is 5. The van der Waals surface area contributed by atoms with Crippen LogP contribution in [0.5, 0.6) is 0 Å². The van der Waals surface area contributed by atoms with Crippen molar-refractivity contribution in [2.75, 3.05) is 53.2 Å². The third kappa shape index (κ3) is 9.42. The summed E-state index contributed by atoms with van der Waals surface area (Å²) in [5, 5.41) is 13.2. The maximum Gasteiger partial charge on any atom is 0.0897 e. The molecule has 1 atom stereocenters. The van der Waals surface area contributed by atoms with E-state index < -0.39 is 6.10 Å². The van der Waals surface area contributed by atoms with Crippen molar-refractivity contribution >= 4 is 0 Å². The van der Waals surface area contributed by atoms with E-state index in [0.29, 0.717) is 31.8 Å². The molecule has 2 N–H and O–H groups in total. The molecule has 0 spiro atoms. The maximum absolute atomic E-state index is 9.83. The van der Waals surface area contributed by atoms with Crippen molar-refractivity contribution in [2.24, 2.45) is 5.41 Å². The molecule has 0 radical (unpaired) electrons. The summed E-state index contributed by atoms with van der Waals surface area (Å²) >= 11 is 0. The Morgan fingerprint density at radius 2 is 1.90 bits per heavy atom. The molecule has 0 bridgehead atoms. The molecule has 0 saturated heterocycles. The van der Waals surface area contributed by atoms with Gasteiger partial charge in [-0.3, -0.25) is 0 Å². The third-order valence-electron chi connectivity index (χ3n) is 4.00. The van der Waals surface area contributed by atoms with E-state index in [2.05, 4.69) is 12.2 Å². The zero-order valence-corrected chi connectivity index (χ0v) is 13.7. The molecule has 1 saturated carbocycles. The standard InChI is InChI=1S/C16H33NO4/c1-3-4-8-20-10-11-21-13-15(18)12-17-14-16(5-6-16)7-9-19-2/h15,17-18H,3-14H2,1-2H3. The van der Waals surface area contributed by atoms with Crippen molar-refractivity contribution in [3.8, 4) is 0 Å². The van der Waals surface area contributed by atoms with Crippen LogP contribution in [-0.4, -0.2) is 64.4 Å². The van der Waals surface area contributed by atoms with Crippen LogP contribution in [0.4, 0.5) is 0 Å². The zero-order valence-electron chi connectivity index (χ0n) is 13.7. The minimum Gasteiger partial charge on any atom is -0.389 e. The van der Waals surface area contributed by atoms with Gasteiger partial charge < -0.3 is 24.6 Å². The Labute approximate surface area is 129 Å². The highest BCUT2D eigenvalue weighted by atomic mass is 16.5. The summed E-state index contributed by atoms with van der Waals surface area (Å²) in [6, 6.07) is 0. The Kier molecular flexibility index (Phi) is 10.2. The van der Waals surface area contributed by atoms with Crippen molar-refractivity contribution in [1.82, 2.24) is 5.32 Å². The van der Waals surface area contributed by atoms with Gasteiger partial charge in [0.25, 0.3) is 0 Å². The maximum atomic E-state index is 9.83. The summed E-state index contributed by atoms with van der Waals surface area (Å²) < 4.78 is 15.9. The molecule has 0 aliphatic heterocycles. The number of methoxy groups -OCH3 is 1. The summed E-state index contributed by atoms with van der Waals surface area (Å²) in [5.74, 6) is 0. The number of nitrogens with one attached hydrogen (secondary N) is 1. The Balaban J connectivity index is 1.88. The van der Waals surface area contributed by atoms with Crippen LogP contribution in [-0.2, 0) is 14.2 Å². The van der Waals surface area contributed by atoms with Gasteiger partial charge in [-0.25, -0.2) is 0 Å².